The Bertz CT molecular complexity index is 671. The molecule has 2 aromatic rings. The predicted molar refractivity (Wildman–Crippen MR) is 81.3 cm³/mol. The molecule has 0 saturated heterocycles. The molecule has 0 amide bonds. The van der Waals surface area contributed by atoms with E-state index in [1.54, 1.807) is 6.92 Å². The number of thiocarbonyl (C=S) groups is 1. The number of rotatable bonds is 4. The summed E-state index contributed by atoms with van der Waals surface area (Å²) in [5, 5.41) is 0. The second-order valence-electron chi connectivity index (χ2n) is 4.35. The van der Waals surface area contributed by atoms with Crippen LogP contribution in [0.4, 0.5) is 24.5 Å². The van der Waals surface area contributed by atoms with Gasteiger partial charge in [0.1, 0.15) is 10.8 Å². The van der Waals surface area contributed by atoms with E-state index >= 15 is 0 Å². The van der Waals surface area contributed by atoms with E-state index in [2.05, 4.69) is 12.2 Å². The third-order valence-corrected chi connectivity index (χ3v) is 3.29. The minimum atomic E-state index is -1.08. The third-order valence-electron chi connectivity index (χ3n) is 3.07. The summed E-state index contributed by atoms with van der Waals surface area (Å²) in [6.45, 7) is 2.16. The summed E-state index contributed by atoms with van der Waals surface area (Å²) in [5.41, 5.74) is 5.80. The van der Waals surface area contributed by atoms with E-state index in [0.29, 0.717) is 12.2 Å². The van der Waals surface area contributed by atoms with Crippen LogP contribution in [0.2, 0.25) is 0 Å². The fourth-order valence-corrected chi connectivity index (χ4v) is 2.21. The zero-order valence-corrected chi connectivity index (χ0v) is 12.1. The van der Waals surface area contributed by atoms with Crippen LogP contribution >= 0.6 is 12.2 Å². The van der Waals surface area contributed by atoms with E-state index in [1.807, 2.05) is 0 Å². The molecule has 2 rings (SSSR count). The molecule has 2 nitrogen and oxygen atoms in total. The van der Waals surface area contributed by atoms with Crippen LogP contribution in [-0.4, -0.2) is 11.5 Å². The Morgan fingerprint density at radius 2 is 1.67 bits per heavy atom. The molecule has 0 atom stereocenters. The molecule has 110 valence electrons. The maximum absolute atomic E-state index is 14.2. The van der Waals surface area contributed by atoms with Crippen molar-refractivity contribution in [2.75, 3.05) is 11.4 Å². The average molecular weight is 310 g/mol. The van der Waals surface area contributed by atoms with Crippen LogP contribution in [0.15, 0.2) is 36.4 Å². The fraction of sp³-hybridized carbons (Fsp3) is 0.133. The van der Waals surface area contributed by atoms with E-state index in [0.717, 1.165) is 0 Å². The van der Waals surface area contributed by atoms with E-state index in [4.69, 9.17) is 5.73 Å². The number of nitrogens with zero attached hydrogens (tertiary/aromatic N) is 1. The van der Waals surface area contributed by atoms with Gasteiger partial charge in [0, 0.05) is 17.8 Å². The standard InChI is InChI=1S/C15H13F3N2S/c1-2-20(10-5-3-9(16)4-6-10)12-8-7-11(15(19)21)13(17)14(12)18/h3-8H,2H2,1H3,(H2,19,21). The second kappa shape index (κ2) is 6.13. The van der Waals surface area contributed by atoms with Gasteiger partial charge < -0.3 is 10.6 Å². The lowest BCUT2D eigenvalue weighted by atomic mass is 10.1. The van der Waals surface area contributed by atoms with Gasteiger partial charge in [-0.05, 0) is 43.3 Å². The molecule has 0 aliphatic carbocycles. The second-order valence-corrected chi connectivity index (χ2v) is 4.78. The Labute approximate surface area is 126 Å². The first-order chi connectivity index (χ1) is 9.95. The number of hydrogen-bond acceptors (Lipinski definition) is 2. The minimum Gasteiger partial charge on any atom is -0.389 e. The molecule has 6 heteroatoms. The zero-order valence-electron chi connectivity index (χ0n) is 11.2. The summed E-state index contributed by atoms with van der Waals surface area (Å²) in [6, 6.07) is 8.25. The van der Waals surface area contributed by atoms with Crippen molar-refractivity contribution < 1.29 is 13.2 Å². The quantitative estimate of drug-likeness (QED) is 0.869. The van der Waals surface area contributed by atoms with Crippen molar-refractivity contribution in [3.8, 4) is 0 Å². The zero-order chi connectivity index (χ0) is 15.6. The molecule has 0 aliphatic rings. The Morgan fingerprint density at radius 3 is 2.19 bits per heavy atom. The van der Waals surface area contributed by atoms with Crippen molar-refractivity contribution in [1.29, 1.82) is 0 Å². The van der Waals surface area contributed by atoms with Gasteiger partial charge in [0.2, 0.25) is 0 Å². The first-order valence-electron chi connectivity index (χ1n) is 6.26. The summed E-state index contributed by atoms with van der Waals surface area (Å²) in [7, 11) is 0. The van der Waals surface area contributed by atoms with E-state index in [-0.39, 0.29) is 16.2 Å². The Morgan fingerprint density at radius 1 is 1.05 bits per heavy atom. The van der Waals surface area contributed by atoms with Gasteiger partial charge in [0.15, 0.2) is 11.6 Å². The van der Waals surface area contributed by atoms with Crippen molar-refractivity contribution in [2.24, 2.45) is 5.73 Å². The van der Waals surface area contributed by atoms with Crippen molar-refractivity contribution in [1.82, 2.24) is 0 Å². The number of anilines is 2. The van der Waals surface area contributed by atoms with Crippen LogP contribution in [0.1, 0.15) is 12.5 Å². The molecule has 2 aromatic carbocycles. The summed E-state index contributed by atoms with van der Waals surface area (Å²) in [5.74, 6) is -2.52. The topological polar surface area (TPSA) is 29.3 Å². The smallest absolute Gasteiger partial charge is 0.183 e. The number of halogens is 3. The van der Waals surface area contributed by atoms with Crippen LogP contribution in [0.25, 0.3) is 0 Å². The lowest BCUT2D eigenvalue weighted by Gasteiger charge is -2.24. The van der Waals surface area contributed by atoms with Crippen molar-refractivity contribution >= 4 is 28.6 Å². The lowest BCUT2D eigenvalue weighted by molar-refractivity contribution is 0.507. The fourth-order valence-electron chi connectivity index (χ4n) is 2.05. The summed E-state index contributed by atoms with van der Waals surface area (Å²) < 4.78 is 41.1. The summed E-state index contributed by atoms with van der Waals surface area (Å²) in [6.07, 6.45) is 0. The highest BCUT2D eigenvalue weighted by Gasteiger charge is 2.19. The molecule has 0 fully saturated rings. The van der Waals surface area contributed by atoms with Crippen molar-refractivity contribution in [3.05, 3.63) is 59.4 Å². The Hall–Kier alpha value is -2.08. The largest absolute Gasteiger partial charge is 0.389 e. The van der Waals surface area contributed by atoms with Crippen LogP contribution in [0.3, 0.4) is 0 Å². The van der Waals surface area contributed by atoms with E-state index < -0.39 is 17.5 Å². The van der Waals surface area contributed by atoms with Gasteiger partial charge >= 0.3 is 0 Å². The molecular weight excluding hydrogens is 297 g/mol. The molecule has 0 aromatic heterocycles. The summed E-state index contributed by atoms with van der Waals surface area (Å²) >= 11 is 4.67. The SMILES string of the molecule is CCN(c1ccc(F)cc1)c1ccc(C(N)=S)c(F)c1F. The molecule has 0 radical (unpaired) electrons. The van der Waals surface area contributed by atoms with Crippen LogP contribution in [0, 0.1) is 17.5 Å². The van der Waals surface area contributed by atoms with E-state index in [9.17, 15) is 13.2 Å². The predicted octanol–water partition coefficient (Wildman–Crippen LogP) is 3.90. The molecule has 0 bridgehead atoms. The van der Waals surface area contributed by atoms with Crippen LogP contribution in [-0.2, 0) is 0 Å². The summed E-state index contributed by atoms with van der Waals surface area (Å²) in [4.78, 5) is 1.32. The minimum absolute atomic E-state index is 0.0432. The molecule has 0 unspecified atom stereocenters. The first kappa shape index (κ1) is 15.3. The highest BCUT2D eigenvalue weighted by molar-refractivity contribution is 7.80. The van der Waals surface area contributed by atoms with Gasteiger partial charge in [-0.1, -0.05) is 12.2 Å². The van der Waals surface area contributed by atoms with Gasteiger partial charge in [0.05, 0.1) is 5.69 Å². The normalized spacial score (nSPS) is 10.5. The van der Waals surface area contributed by atoms with Gasteiger partial charge in [-0.3, -0.25) is 0 Å². The van der Waals surface area contributed by atoms with Crippen LogP contribution < -0.4 is 10.6 Å². The maximum Gasteiger partial charge on any atom is 0.183 e. The molecule has 21 heavy (non-hydrogen) atoms. The molecular formula is C15H13F3N2S. The number of nitrogens with two attached hydrogens (primary N) is 1. The third kappa shape index (κ3) is 3.00. The maximum atomic E-state index is 14.2. The van der Waals surface area contributed by atoms with Crippen molar-refractivity contribution in [2.45, 2.75) is 6.92 Å². The molecule has 0 heterocycles. The van der Waals surface area contributed by atoms with Gasteiger partial charge in [-0.15, -0.1) is 0 Å². The lowest BCUT2D eigenvalue weighted by Crippen LogP contribution is -2.20. The highest BCUT2D eigenvalue weighted by atomic mass is 32.1. The number of benzene rings is 2. The van der Waals surface area contributed by atoms with Gasteiger partial charge in [-0.25, -0.2) is 13.2 Å². The molecule has 0 spiro atoms. The average Bonchev–Trinajstić information content (AvgIpc) is 2.45. The molecule has 0 saturated carbocycles. The Kier molecular flexibility index (Phi) is 4.47. The monoisotopic (exact) mass is 310 g/mol. The van der Waals surface area contributed by atoms with Gasteiger partial charge in [-0.2, -0.15) is 0 Å². The van der Waals surface area contributed by atoms with Crippen molar-refractivity contribution in [3.63, 3.8) is 0 Å². The Balaban J connectivity index is 2.50. The molecule has 2 N–H and O–H groups in total. The number of hydrogen-bond donors (Lipinski definition) is 1. The van der Waals surface area contributed by atoms with E-state index in [1.165, 1.54) is 41.3 Å². The first-order valence-corrected chi connectivity index (χ1v) is 6.67. The highest BCUT2D eigenvalue weighted by Crippen LogP contribution is 2.30. The molecule has 0 aliphatic heterocycles. The van der Waals surface area contributed by atoms with Gasteiger partial charge in [0.25, 0.3) is 0 Å². The van der Waals surface area contributed by atoms with Crippen LogP contribution in [0.5, 0.6) is 0 Å².